The topological polar surface area (TPSA) is 69.6 Å². The number of benzene rings is 2. The van der Waals surface area contributed by atoms with Crippen LogP contribution in [0.3, 0.4) is 0 Å². The molecule has 0 fully saturated rings. The highest BCUT2D eigenvalue weighted by molar-refractivity contribution is 6.31. The zero-order chi connectivity index (χ0) is 19.0. The Balaban J connectivity index is 1.53. The number of ether oxygens (including phenoxy) is 4. The van der Waals surface area contributed by atoms with E-state index in [1.165, 1.54) is 11.9 Å². The molecule has 1 amide bonds. The molecule has 0 spiro atoms. The van der Waals surface area contributed by atoms with Crippen molar-refractivity contribution < 1.29 is 23.7 Å². The van der Waals surface area contributed by atoms with Gasteiger partial charge in [-0.05, 0) is 30.3 Å². The number of amides is 1. The lowest BCUT2D eigenvalue weighted by Crippen LogP contribution is -2.25. The van der Waals surface area contributed by atoms with Crippen molar-refractivity contribution in [2.45, 2.75) is 13.2 Å². The number of hydrogen-bond donors (Lipinski definition) is 0. The van der Waals surface area contributed by atoms with E-state index in [0.717, 1.165) is 0 Å². The average Bonchev–Trinajstić information content (AvgIpc) is 3.26. The molecule has 0 unspecified atom stereocenters. The lowest BCUT2D eigenvalue weighted by atomic mass is 10.1. The summed E-state index contributed by atoms with van der Waals surface area (Å²) in [7, 11) is 0. The monoisotopic (exact) mass is 408 g/mol. The molecule has 2 heterocycles. The zero-order valence-corrected chi connectivity index (χ0v) is 15.7. The molecule has 4 rings (SSSR count). The summed E-state index contributed by atoms with van der Waals surface area (Å²) in [6.07, 6.45) is -0.812. The van der Waals surface area contributed by atoms with Crippen LogP contribution < -0.4 is 14.2 Å². The Morgan fingerprint density at radius 1 is 1.22 bits per heavy atom. The van der Waals surface area contributed by atoms with Gasteiger partial charge in [0.15, 0.2) is 18.1 Å². The molecule has 2 aromatic carbocycles. The Hall–Kier alpha value is -2.64. The van der Waals surface area contributed by atoms with Crippen LogP contribution in [0.1, 0.15) is 18.7 Å². The van der Waals surface area contributed by atoms with Gasteiger partial charge in [-0.1, -0.05) is 23.2 Å². The van der Waals surface area contributed by atoms with E-state index >= 15 is 0 Å². The lowest BCUT2D eigenvalue weighted by molar-refractivity contribution is -0.135. The van der Waals surface area contributed by atoms with Gasteiger partial charge in [0.05, 0.1) is 5.02 Å². The predicted molar refractivity (Wildman–Crippen MR) is 98.3 cm³/mol. The van der Waals surface area contributed by atoms with Crippen LogP contribution in [0, 0.1) is 0 Å². The van der Waals surface area contributed by atoms with Crippen molar-refractivity contribution in [3.05, 3.63) is 52.0 Å². The molecule has 2 aliphatic heterocycles. The van der Waals surface area contributed by atoms with Crippen LogP contribution in [-0.2, 0) is 9.53 Å². The molecule has 7 nitrogen and oxygen atoms in total. The van der Waals surface area contributed by atoms with Gasteiger partial charge in [0.2, 0.25) is 24.8 Å². The number of carbonyl (C=O) groups excluding carboxylic acids is 1. The second-order valence-electron chi connectivity index (χ2n) is 5.80. The third-order valence-electron chi connectivity index (χ3n) is 3.95. The molecular formula is C18H14Cl2N2O5. The number of fused-ring (bicyclic) bond motifs is 1. The molecule has 2 aromatic rings. The van der Waals surface area contributed by atoms with Gasteiger partial charge in [-0.15, -0.1) is 5.10 Å². The second-order valence-corrected chi connectivity index (χ2v) is 6.64. The molecule has 1 atom stereocenters. The minimum atomic E-state index is -0.812. The van der Waals surface area contributed by atoms with Crippen LogP contribution >= 0.6 is 23.2 Å². The Morgan fingerprint density at radius 3 is 2.63 bits per heavy atom. The van der Waals surface area contributed by atoms with Gasteiger partial charge in [-0.3, -0.25) is 4.79 Å². The molecule has 9 heteroatoms. The fraction of sp³-hybridized carbons (Fsp3) is 0.222. The third-order valence-corrected chi connectivity index (χ3v) is 4.52. The number of rotatable bonds is 4. The summed E-state index contributed by atoms with van der Waals surface area (Å²) in [5.74, 6) is 1.63. The molecule has 0 aliphatic carbocycles. The number of hydrazone groups is 1. The van der Waals surface area contributed by atoms with E-state index < -0.39 is 6.23 Å². The molecule has 0 saturated carbocycles. The van der Waals surface area contributed by atoms with E-state index in [2.05, 4.69) is 5.10 Å². The first-order valence-corrected chi connectivity index (χ1v) is 8.78. The Labute approximate surface area is 165 Å². The van der Waals surface area contributed by atoms with Crippen molar-refractivity contribution in [1.29, 1.82) is 0 Å². The van der Waals surface area contributed by atoms with E-state index in [0.29, 0.717) is 32.9 Å². The first kappa shape index (κ1) is 17.8. The van der Waals surface area contributed by atoms with Crippen LogP contribution in [0.25, 0.3) is 0 Å². The summed E-state index contributed by atoms with van der Waals surface area (Å²) in [5, 5.41) is 6.41. The Bertz CT molecular complexity index is 917. The zero-order valence-electron chi connectivity index (χ0n) is 14.1. The van der Waals surface area contributed by atoms with Gasteiger partial charge in [-0.25, -0.2) is 0 Å². The highest BCUT2D eigenvalue weighted by Gasteiger charge is 2.35. The maximum atomic E-state index is 12.0. The number of halogens is 2. The molecular weight excluding hydrogens is 395 g/mol. The predicted octanol–water partition coefficient (Wildman–Crippen LogP) is 3.99. The summed E-state index contributed by atoms with van der Waals surface area (Å²) in [6, 6.07) is 10.2. The van der Waals surface area contributed by atoms with Crippen LogP contribution in [-0.4, -0.2) is 30.2 Å². The molecule has 0 radical (unpaired) electrons. The molecule has 27 heavy (non-hydrogen) atoms. The van der Waals surface area contributed by atoms with Crippen molar-refractivity contribution in [3.63, 3.8) is 0 Å². The summed E-state index contributed by atoms with van der Waals surface area (Å²) in [4.78, 5) is 12.0. The molecule has 0 N–H and O–H groups in total. The molecule has 0 bridgehead atoms. The largest absolute Gasteiger partial charge is 0.484 e. The first-order chi connectivity index (χ1) is 13.0. The minimum Gasteiger partial charge on any atom is -0.484 e. The number of carbonyl (C=O) groups is 1. The minimum absolute atomic E-state index is 0.0457. The van der Waals surface area contributed by atoms with Gasteiger partial charge in [0, 0.05) is 23.6 Å². The molecule has 2 aliphatic rings. The highest BCUT2D eigenvalue weighted by Crippen LogP contribution is 2.41. The van der Waals surface area contributed by atoms with Gasteiger partial charge in [-0.2, -0.15) is 5.01 Å². The third kappa shape index (κ3) is 3.61. The van der Waals surface area contributed by atoms with E-state index in [-0.39, 0.29) is 25.2 Å². The lowest BCUT2D eigenvalue weighted by Gasteiger charge is -2.20. The fourth-order valence-corrected chi connectivity index (χ4v) is 3.04. The van der Waals surface area contributed by atoms with Gasteiger partial charge in [0.1, 0.15) is 5.75 Å². The highest BCUT2D eigenvalue weighted by atomic mass is 35.5. The van der Waals surface area contributed by atoms with Gasteiger partial charge < -0.3 is 18.9 Å². The number of nitrogens with zero attached hydrogens (tertiary/aromatic N) is 2. The second kappa shape index (κ2) is 7.17. The SMILES string of the molecule is CC(=O)N1N=C(COc2ccc(Cl)cc2)O[C@H]1c1cc2c(cc1Cl)OCO2. The molecule has 0 aromatic heterocycles. The quantitative estimate of drug-likeness (QED) is 0.764. The van der Waals surface area contributed by atoms with Crippen molar-refractivity contribution in [2.75, 3.05) is 13.4 Å². The number of hydrogen-bond acceptors (Lipinski definition) is 6. The maximum Gasteiger partial charge on any atom is 0.247 e. The molecule has 140 valence electrons. The van der Waals surface area contributed by atoms with Crippen molar-refractivity contribution in [3.8, 4) is 17.2 Å². The average molecular weight is 409 g/mol. The summed E-state index contributed by atoms with van der Waals surface area (Å²) >= 11 is 12.2. The fourth-order valence-electron chi connectivity index (χ4n) is 2.67. The molecule has 0 saturated heterocycles. The van der Waals surface area contributed by atoms with Crippen molar-refractivity contribution >= 4 is 35.0 Å². The first-order valence-electron chi connectivity index (χ1n) is 8.02. The van der Waals surface area contributed by atoms with E-state index in [4.69, 9.17) is 42.1 Å². The summed E-state index contributed by atoms with van der Waals surface area (Å²) in [5.41, 5.74) is 0.543. The smallest absolute Gasteiger partial charge is 0.247 e. The Kier molecular flexibility index (Phi) is 4.72. The van der Waals surface area contributed by atoms with Crippen LogP contribution in [0.15, 0.2) is 41.5 Å². The van der Waals surface area contributed by atoms with Gasteiger partial charge >= 0.3 is 0 Å². The van der Waals surface area contributed by atoms with Crippen molar-refractivity contribution in [2.24, 2.45) is 5.10 Å². The summed E-state index contributed by atoms with van der Waals surface area (Å²) in [6.45, 7) is 1.56. The van der Waals surface area contributed by atoms with E-state index in [1.807, 2.05) is 0 Å². The maximum absolute atomic E-state index is 12.0. The van der Waals surface area contributed by atoms with Crippen LogP contribution in [0.5, 0.6) is 17.2 Å². The van der Waals surface area contributed by atoms with Crippen LogP contribution in [0.2, 0.25) is 10.0 Å². The standard InChI is InChI=1S/C18H14Cl2N2O5/c1-10(23)22-18(13-6-15-16(7-14(13)20)26-9-25-15)27-17(21-22)8-24-12-4-2-11(19)3-5-12/h2-7,18H,8-9H2,1H3/t18-/m0/s1. The van der Waals surface area contributed by atoms with Crippen LogP contribution in [0.4, 0.5) is 0 Å². The summed E-state index contributed by atoms with van der Waals surface area (Å²) < 4.78 is 22.1. The van der Waals surface area contributed by atoms with Gasteiger partial charge in [0.25, 0.3) is 0 Å². The Morgan fingerprint density at radius 2 is 1.93 bits per heavy atom. The van der Waals surface area contributed by atoms with Crippen molar-refractivity contribution in [1.82, 2.24) is 5.01 Å². The van der Waals surface area contributed by atoms with E-state index in [1.54, 1.807) is 36.4 Å². The normalized spacial score (nSPS) is 17.5. The van der Waals surface area contributed by atoms with E-state index in [9.17, 15) is 4.79 Å².